The fourth-order valence-corrected chi connectivity index (χ4v) is 3.09. The van der Waals surface area contributed by atoms with Crippen molar-refractivity contribution in [3.63, 3.8) is 0 Å². The molecule has 130 valence electrons. The smallest absolute Gasteiger partial charge is 0.328 e. The molecule has 1 N–H and O–H groups in total. The van der Waals surface area contributed by atoms with Crippen LogP contribution in [0.2, 0.25) is 0 Å². The molecule has 0 fully saturated rings. The molecule has 5 heteroatoms. The number of carbonyl (C=O) groups is 1. The molecule has 0 unspecified atom stereocenters. The van der Waals surface area contributed by atoms with E-state index in [9.17, 15) is 9.59 Å². The fraction of sp³-hybridized carbons (Fsp3) is 0.300. The zero-order valence-electron chi connectivity index (χ0n) is 14.9. The number of carbonyl (C=O) groups excluding carboxylic acids is 1. The number of rotatable bonds is 5. The summed E-state index contributed by atoms with van der Waals surface area (Å²) in [6.45, 7) is 2.53. The molecule has 25 heavy (non-hydrogen) atoms. The Morgan fingerprint density at radius 3 is 2.52 bits per heavy atom. The summed E-state index contributed by atoms with van der Waals surface area (Å²) in [5.74, 6) is 0.0327. The van der Waals surface area contributed by atoms with Gasteiger partial charge < -0.3 is 5.32 Å². The highest BCUT2D eigenvalue weighted by Gasteiger charge is 2.09. The minimum atomic E-state index is -0.0468. The topological polar surface area (TPSA) is 56.0 Å². The highest BCUT2D eigenvalue weighted by atomic mass is 16.2. The second-order valence-electron chi connectivity index (χ2n) is 6.43. The molecule has 1 aromatic heterocycles. The van der Waals surface area contributed by atoms with Crippen molar-refractivity contribution >= 4 is 16.9 Å². The van der Waals surface area contributed by atoms with E-state index in [1.165, 1.54) is 11.1 Å². The third-order valence-corrected chi connectivity index (χ3v) is 4.71. The van der Waals surface area contributed by atoms with Crippen molar-refractivity contribution in [1.82, 2.24) is 14.5 Å². The van der Waals surface area contributed by atoms with Gasteiger partial charge in [-0.05, 0) is 42.2 Å². The van der Waals surface area contributed by atoms with Crippen LogP contribution in [0.3, 0.4) is 0 Å². The van der Waals surface area contributed by atoms with Gasteiger partial charge in [0.1, 0.15) is 0 Å². The van der Waals surface area contributed by atoms with Gasteiger partial charge in [-0.3, -0.25) is 13.9 Å². The molecule has 0 spiro atoms. The van der Waals surface area contributed by atoms with Crippen LogP contribution in [-0.4, -0.2) is 15.0 Å². The summed E-state index contributed by atoms with van der Waals surface area (Å²) in [6, 6.07) is 14.0. The van der Waals surface area contributed by atoms with E-state index in [1.54, 1.807) is 23.2 Å². The molecule has 1 heterocycles. The SMILES string of the molecule is Cc1ccccc1CCC(=O)NCc1ccc2c(c1)n(C)c(=O)n2C. The van der Waals surface area contributed by atoms with Gasteiger partial charge in [-0.2, -0.15) is 0 Å². The average Bonchev–Trinajstić information content (AvgIpc) is 2.83. The van der Waals surface area contributed by atoms with Gasteiger partial charge in [-0.15, -0.1) is 0 Å². The number of hydrogen-bond acceptors (Lipinski definition) is 2. The number of hydrogen-bond donors (Lipinski definition) is 1. The number of aromatic nitrogens is 2. The maximum atomic E-state index is 12.1. The molecule has 0 saturated carbocycles. The fourth-order valence-electron chi connectivity index (χ4n) is 3.09. The largest absolute Gasteiger partial charge is 0.352 e. The normalized spacial score (nSPS) is 11.0. The molecular weight excluding hydrogens is 314 g/mol. The van der Waals surface area contributed by atoms with Gasteiger partial charge in [-0.25, -0.2) is 4.79 Å². The Hall–Kier alpha value is -2.82. The third kappa shape index (κ3) is 3.50. The molecule has 0 radical (unpaired) electrons. The summed E-state index contributed by atoms with van der Waals surface area (Å²) in [5, 5.41) is 2.96. The number of nitrogens with one attached hydrogen (secondary N) is 1. The van der Waals surface area contributed by atoms with Crippen LogP contribution in [0.5, 0.6) is 0 Å². The molecule has 0 saturated heterocycles. The van der Waals surface area contributed by atoms with Gasteiger partial charge in [-0.1, -0.05) is 30.3 Å². The zero-order chi connectivity index (χ0) is 18.0. The van der Waals surface area contributed by atoms with Crippen LogP contribution in [0.15, 0.2) is 47.3 Å². The van der Waals surface area contributed by atoms with Gasteiger partial charge in [0.25, 0.3) is 0 Å². The van der Waals surface area contributed by atoms with Crippen LogP contribution in [0.25, 0.3) is 11.0 Å². The monoisotopic (exact) mass is 337 g/mol. The number of aryl methyl sites for hydroxylation is 4. The van der Waals surface area contributed by atoms with E-state index in [4.69, 9.17) is 0 Å². The van der Waals surface area contributed by atoms with Crippen molar-refractivity contribution in [3.8, 4) is 0 Å². The van der Waals surface area contributed by atoms with E-state index in [-0.39, 0.29) is 11.6 Å². The minimum absolute atomic E-state index is 0.0327. The van der Waals surface area contributed by atoms with Crippen molar-refractivity contribution in [1.29, 1.82) is 0 Å². The van der Waals surface area contributed by atoms with Crippen molar-refractivity contribution in [2.24, 2.45) is 14.1 Å². The molecule has 5 nitrogen and oxygen atoms in total. The number of benzene rings is 2. The van der Waals surface area contributed by atoms with E-state index in [0.29, 0.717) is 13.0 Å². The minimum Gasteiger partial charge on any atom is -0.352 e. The molecule has 1 amide bonds. The molecule has 0 aliphatic carbocycles. The molecule has 3 rings (SSSR count). The first-order valence-corrected chi connectivity index (χ1v) is 8.43. The van der Waals surface area contributed by atoms with E-state index >= 15 is 0 Å². The molecule has 0 aliphatic heterocycles. The Labute approximate surface area is 146 Å². The second-order valence-corrected chi connectivity index (χ2v) is 6.43. The van der Waals surface area contributed by atoms with Gasteiger partial charge >= 0.3 is 5.69 Å². The summed E-state index contributed by atoms with van der Waals surface area (Å²) < 4.78 is 3.25. The molecule has 0 bridgehead atoms. The Balaban J connectivity index is 1.62. The van der Waals surface area contributed by atoms with Crippen LogP contribution in [0.4, 0.5) is 0 Å². The maximum Gasteiger partial charge on any atom is 0.328 e. The summed E-state index contributed by atoms with van der Waals surface area (Å²) in [4.78, 5) is 24.1. The number of amides is 1. The predicted molar refractivity (Wildman–Crippen MR) is 99.5 cm³/mol. The number of nitrogens with zero attached hydrogens (tertiary/aromatic N) is 2. The molecule has 0 atom stereocenters. The number of imidazole rings is 1. The van der Waals surface area contributed by atoms with E-state index in [2.05, 4.69) is 24.4 Å². The van der Waals surface area contributed by atoms with E-state index < -0.39 is 0 Å². The zero-order valence-corrected chi connectivity index (χ0v) is 14.9. The lowest BCUT2D eigenvalue weighted by atomic mass is 10.0. The lowest BCUT2D eigenvalue weighted by Gasteiger charge is -2.08. The van der Waals surface area contributed by atoms with Crippen LogP contribution in [0, 0.1) is 6.92 Å². The van der Waals surface area contributed by atoms with Gasteiger partial charge in [0.15, 0.2) is 0 Å². The first kappa shape index (κ1) is 17.0. The molecular formula is C20H23N3O2. The molecule has 3 aromatic rings. The van der Waals surface area contributed by atoms with Crippen molar-refractivity contribution < 1.29 is 4.79 Å². The van der Waals surface area contributed by atoms with Crippen molar-refractivity contribution in [2.45, 2.75) is 26.3 Å². The Kier molecular flexibility index (Phi) is 4.74. The quantitative estimate of drug-likeness (QED) is 0.777. The second kappa shape index (κ2) is 6.97. The lowest BCUT2D eigenvalue weighted by Crippen LogP contribution is -2.23. The maximum absolute atomic E-state index is 12.1. The Bertz CT molecular complexity index is 982. The van der Waals surface area contributed by atoms with Crippen LogP contribution < -0.4 is 11.0 Å². The standard InChI is InChI=1S/C20H23N3O2/c1-14-6-4-5-7-16(14)9-11-19(24)21-13-15-8-10-17-18(12-15)23(3)20(25)22(17)2/h4-8,10,12H,9,11,13H2,1-3H3,(H,21,24). The predicted octanol–water partition coefficient (Wildman–Crippen LogP) is 2.43. The molecule has 2 aromatic carbocycles. The lowest BCUT2D eigenvalue weighted by molar-refractivity contribution is -0.121. The molecule has 0 aliphatic rings. The summed E-state index contributed by atoms with van der Waals surface area (Å²) >= 11 is 0. The summed E-state index contributed by atoms with van der Waals surface area (Å²) in [6.07, 6.45) is 1.21. The van der Waals surface area contributed by atoms with Crippen LogP contribution in [-0.2, 0) is 31.9 Å². The van der Waals surface area contributed by atoms with Crippen LogP contribution >= 0.6 is 0 Å². The van der Waals surface area contributed by atoms with Gasteiger partial charge in [0.2, 0.25) is 5.91 Å². The number of fused-ring (bicyclic) bond motifs is 1. The van der Waals surface area contributed by atoms with Gasteiger partial charge in [0, 0.05) is 27.1 Å². The van der Waals surface area contributed by atoms with Crippen molar-refractivity contribution in [3.05, 3.63) is 69.6 Å². The Morgan fingerprint density at radius 1 is 1.04 bits per heavy atom. The highest BCUT2D eigenvalue weighted by molar-refractivity contribution is 5.78. The van der Waals surface area contributed by atoms with Gasteiger partial charge in [0.05, 0.1) is 11.0 Å². The van der Waals surface area contributed by atoms with E-state index in [1.807, 2.05) is 30.3 Å². The first-order valence-electron chi connectivity index (χ1n) is 8.43. The summed E-state index contributed by atoms with van der Waals surface area (Å²) in [7, 11) is 3.52. The summed E-state index contributed by atoms with van der Waals surface area (Å²) in [5.41, 5.74) is 5.12. The first-order chi connectivity index (χ1) is 12.0. The average molecular weight is 337 g/mol. The van der Waals surface area contributed by atoms with Crippen molar-refractivity contribution in [2.75, 3.05) is 0 Å². The Morgan fingerprint density at radius 2 is 1.76 bits per heavy atom. The highest BCUT2D eigenvalue weighted by Crippen LogP contribution is 2.14. The van der Waals surface area contributed by atoms with Crippen LogP contribution in [0.1, 0.15) is 23.1 Å². The third-order valence-electron chi connectivity index (χ3n) is 4.71. The van der Waals surface area contributed by atoms with E-state index in [0.717, 1.165) is 23.0 Å².